The third kappa shape index (κ3) is 7.42. The summed E-state index contributed by atoms with van der Waals surface area (Å²) in [4.78, 5) is 15.6. The molecule has 88 heavy (non-hydrogen) atoms. The first-order chi connectivity index (χ1) is 43.1. The van der Waals surface area contributed by atoms with Gasteiger partial charge in [-0.3, -0.25) is 15.0 Å². The molecule has 0 aliphatic heterocycles. The van der Waals surface area contributed by atoms with E-state index >= 15 is 0 Å². The molecule has 0 saturated carbocycles. The van der Waals surface area contributed by atoms with Gasteiger partial charge in [0.05, 0.1) is 50.0 Å². The zero-order valence-corrected chi connectivity index (χ0v) is 49.4. The van der Waals surface area contributed by atoms with Crippen molar-refractivity contribution < 1.29 is 20.1 Å². The minimum Gasteiger partial charge on any atom is -0.333 e. The van der Waals surface area contributed by atoms with Crippen LogP contribution in [-0.4, -0.2) is 28.2 Å². The van der Waals surface area contributed by atoms with Crippen LogP contribution in [0.5, 0.6) is 0 Å². The number of pyridine rings is 3. The van der Waals surface area contributed by atoms with E-state index in [0.717, 1.165) is 182 Å². The van der Waals surface area contributed by atoms with E-state index in [-0.39, 0.29) is 20.1 Å². The maximum absolute atomic E-state index is 5.21. The predicted molar refractivity (Wildman–Crippen MR) is 359 cm³/mol. The monoisotopic (exact) mass is 1290 g/mol. The zero-order chi connectivity index (χ0) is 56.8. The van der Waals surface area contributed by atoms with Gasteiger partial charge in [-0.2, -0.15) is 0 Å². The molecule has 0 aliphatic carbocycles. The first-order valence-corrected chi connectivity index (χ1v) is 29.5. The summed E-state index contributed by atoms with van der Waals surface area (Å²) in [5.74, 6) is 0. The van der Waals surface area contributed by atoms with Crippen LogP contribution in [0.15, 0.2) is 273 Å². The minimum absolute atomic E-state index is 0. The summed E-state index contributed by atoms with van der Waals surface area (Å²) in [6.07, 6.45) is 0. The molecule has 6 heterocycles. The summed E-state index contributed by atoms with van der Waals surface area (Å²) in [5, 5.41) is 9.77. The molecule has 6 nitrogen and oxygen atoms in total. The molecule has 7 heteroatoms. The molecule has 0 atom stereocenters. The van der Waals surface area contributed by atoms with Gasteiger partial charge >= 0.3 is 20.1 Å². The van der Waals surface area contributed by atoms with E-state index < -0.39 is 0 Å². The van der Waals surface area contributed by atoms with Crippen LogP contribution in [0, 0.1) is 18.2 Å². The van der Waals surface area contributed by atoms with Gasteiger partial charge in [0, 0.05) is 16.6 Å². The number of hydrogen-bond acceptors (Lipinski definition) is 3. The summed E-state index contributed by atoms with van der Waals surface area (Å²) < 4.78 is 6.86. The Morgan fingerprint density at radius 1 is 0.227 bits per heavy atom. The molecule has 0 aliphatic rings. The van der Waals surface area contributed by atoms with E-state index in [1.54, 1.807) is 0 Å². The number of fused-ring (bicyclic) bond motifs is 24. The van der Waals surface area contributed by atoms with E-state index in [2.05, 4.69) is 304 Å². The van der Waals surface area contributed by atoms with Crippen molar-refractivity contribution in [2.75, 3.05) is 0 Å². The molecular weight excluding hydrogens is 1250 g/mol. The fourth-order valence-electron chi connectivity index (χ4n) is 14.2. The molecule has 0 bridgehead atoms. The van der Waals surface area contributed by atoms with Crippen molar-refractivity contribution in [2.24, 2.45) is 0 Å². The Bertz CT molecular complexity index is 5560. The smallest absolute Gasteiger partial charge is 0.333 e. The number of nitrogens with zero attached hydrogens (tertiary/aromatic N) is 6. The van der Waals surface area contributed by atoms with Gasteiger partial charge in [0.25, 0.3) is 0 Å². The molecule has 13 aromatic carbocycles. The number of para-hydroxylation sites is 9. The molecule has 0 unspecified atom stereocenters. The summed E-state index contributed by atoms with van der Waals surface area (Å²) in [6.45, 7) is 0. The molecule has 0 N–H and O–H groups in total. The van der Waals surface area contributed by atoms with Crippen molar-refractivity contribution in [1.82, 2.24) is 28.2 Å². The second kappa shape index (κ2) is 19.5. The molecule has 0 saturated heterocycles. The van der Waals surface area contributed by atoms with Crippen molar-refractivity contribution in [3.63, 3.8) is 0 Å². The quantitative estimate of drug-likeness (QED) is 0.123. The number of imidazole rings is 3. The fraction of sp³-hybridized carbons (Fsp3) is 0. The Morgan fingerprint density at radius 3 is 0.761 bits per heavy atom. The maximum Gasteiger partial charge on any atom is 3.00 e. The standard InChI is InChI=1S/C81H45N6.Ir/c1-4-22-58(55(19-1)49-37-40-64-67(46-49)61-25-7-13-31-73(61)85-76-34-16-10-28-70(76)82-79(64)85)52-43-53(59-23-5-2-20-56(59)50-38-41-65-68(47-50)62-26-8-14-32-74(62)86-77-35-17-11-29-71(77)83-80(65)86)45-54(44-52)60-24-6-3-21-57(60)51-39-42-66-69(48-51)63-27-9-15-33-75(63)87-78-36-18-12-30-72(78)84-81(66)87;/h1-39,43-48H;/q-3;+3. The fourth-order valence-corrected chi connectivity index (χ4v) is 14.2. The Balaban J connectivity index is 0.00000580. The summed E-state index contributed by atoms with van der Waals surface area (Å²) in [5.41, 5.74) is 25.4. The second-order valence-corrected chi connectivity index (χ2v) is 22.8. The number of rotatable bonds is 6. The SMILES string of the molecule is [Ir+3].[c-]1cc(-c2ccccc2-c2cc(-c3ccccc3-c3c[c-]c4c(c3)c3ccccc3n3c5ccccc5nc43)cc(-c3ccccc3-c3c[c-]c4c(c3)c3ccccc3n3c5ccccc5nc43)c2)cc2c1c1nc3ccccc3n1c1ccccc21. The van der Waals surface area contributed by atoms with Crippen LogP contribution in [0.25, 0.3) is 182 Å². The van der Waals surface area contributed by atoms with Crippen molar-refractivity contribution in [3.8, 4) is 66.8 Å². The molecular formula is C81H45IrN6. The number of hydrogen-bond donors (Lipinski definition) is 0. The predicted octanol–water partition coefficient (Wildman–Crippen LogP) is 20.4. The Morgan fingerprint density at radius 2 is 0.466 bits per heavy atom. The third-order valence-electron chi connectivity index (χ3n) is 18.1. The van der Waals surface area contributed by atoms with E-state index in [9.17, 15) is 0 Å². The molecule has 408 valence electrons. The largest absolute Gasteiger partial charge is 3.00 e. The van der Waals surface area contributed by atoms with Crippen LogP contribution in [0.1, 0.15) is 0 Å². The van der Waals surface area contributed by atoms with Gasteiger partial charge in [-0.25, -0.2) is 0 Å². The van der Waals surface area contributed by atoms with E-state index in [4.69, 9.17) is 15.0 Å². The Labute approximate surface area is 517 Å². The molecule has 0 fully saturated rings. The van der Waals surface area contributed by atoms with Crippen LogP contribution < -0.4 is 0 Å². The van der Waals surface area contributed by atoms with E-state index in [1.165, 1.54) is 0 Å². The van der Waals surface area contributed by atoms with Crippen molar-refractivity contribution >= 4 is 115 Å². The first-order valence-electron chi connectivity index (χ1n) is 29.5. The van der Waals surface area contributed by atoms with Gasteiger partial charge < -0.3 is 13.2 Å². The van der Waals surface area contributed by atoms with Crippen LogP contribution in [0.4, 0.5) is 0 Å². The molecule has 19 aromatic rings. The van der Waals surface area contributed by atoms with Crippen LogP contribution in [0.2, 0.25) is 0 Å². The van der Waals surface area contributed by atoms with Gasteiger partial charge in [-0.15, -0.1) is 70.8 Å². The van der Waals surface area contributed by atoms with E-state index in [0.29, 0.717) is 0 Å². The summed E-state index contributed by atoms with van der Waals surface area (Å²) in [6, 6.07) is 110. The summed E-state index contributed by atoms with van der Waals surface area (Å²) in [7, 11) is 0. The van der Waals surface area contributed by atoms with Gasteiger partial charge in [0.1, 0.15) is 0 Å². The first kappa shape index (κ1) is 50.3. The Kier molecular flexibility index (Phi) is 11.1. The van der Waals surface area contributed by atoms with Crippen LogP contribution in [0.3, 0.4) is 0 Å². The normalized spacial score (nSPS) is 12.0. The molecule has 0 radical (unpaired) electrons. The van der Waals surface area contributed by atoms with Crippen molar-refractivity contribution in [1.29, 1.82) is 0 Å². The van der Waals surface area contributed by atoms with Gasteiger partial charge in [-0.05, 0) is 122 Å². The van der Waals surface area contributed by atoms with Crippen molar-refractivity contribution in [3.05, 3.63) is 291 Å². The number of aromatic nitrogens is 6. The average Bonchev–Trinajstić information content (AvgIpc) is 1.58. The second-order valence-electron chi connectivity index (χ2n) is 22.8. The van der Waals surface area contributed by atoms with Crippen LogP contribution >= 0.6 is 0 Å². The minimum atomic E-state index is 0. The van der Waals surface area contributed by atoms with Crippen LogP contribution in [-0.2, 0) is 20.1 Å². The van der Waals surface area contributed by atoms with Gasteiger partial charge in [0.15, 0.2) is 0 Å². The molecule has 0 spiro atoms. The van der Waals surface area contributed by atoms with E-state index in [1.807, 2.05) is 0 Å². The zero-order valence-electron chi connectivity index (χ0n) is 47.0. The van der Waals surface area contributed by atoms with Gasteiger partial charge in [-0.1, -0.05) is 213 Å². The maximum atomic E-state index is 5.21. The topological polar surface area (TPSA) is 51.9 Å². The Hall–Kier alpha value is -11.1. The summed E-state index contributed by atoms with van der Waals surface area (Å²) >= 11 is 0. The third-order valence-corrected chi connectivity index (χ3v) is 18.1. The molecule has 6 aromatic heterocycles. The molecule has 19 rings (SSSR count). The number of benzene rings is 13. The average molecular weight is 1290 g/mol. The molecule has 0 amide bonds. The van der Waals surface area contributed by atoms with Crippen molar-refractivity contribution in [2.45, 2.75) is 0 Å². The van der Waals surface area contributed by atoms with Gasteiger partial charge in [0.2, 0.25) is 0 Å².